The zero-order valence-corrected chi connectivity index (χ0v) is 23.8. The Labute approximate surface area is 203 Å². The predicted octanol–water partition coefficient (Wildman–Crippen LogP) is 5.70. The van der Waals surface area contributed by atoms with Crippen molar-refractivity contribution in [2.75, 3.05) is 19.8 Å². The van der Waals surface area contributed by atoms with Gasteiger partial charge in [-0.05, 0) is 62.2 Å². The molecular weight excluding hydrogens is 436 g/mol. The molecule has 1 saturated heterocycles. The van der Waals surface area contributed by atoms with Crippen molar-refractivity contribution in [2.24, 2.45) is 17.8 Å². The van der Waals surface area contributed by atoms with Gasteiger partial charge in [0.15, 0.2) is 14.1 Å². The second kappa shape index (κ2) is 13.4. The highest BCUT2D eigenvalue weighted by molar-refractivity contribution is 6.75. The molecule has 0 aromatic rings. The zero-order valence-electron chi connectivity index (χ0n) is 22.8. The summed E-state index contributed by atoms with van der Waals surface area (Å²) in [6.07, 6.45) is 2.60. The number of hydrogen-bond donors (Lipinski definition) is 1. The van der Waals surface area contributed by atoms with Gasteiger partial charge in [0.1, 0.15) is 0 Å². The summed E-state index contributed by atoms with van der Waals surface area (Å²) in [6.45, 7) is 21.7. The fourth-order valence-corrected chi connectivity index (χ4v) is 8.53. The molecule has 5 atom stereocenters. The lowest BCUT2D eigenvalue weighted by Gasteiger charge is -2.49. The molecule has 194 valence electrons. The average molecular weight is 487 g/mol. The van der Waals surface area contributed by atoms with E-state index in [9.17, 15) is 9.90 Å². The number of aliphatic hydroxyl groups is 1. The summed E-state index contributed by atoms with van der Waals surface area (Å²) < 4.78 is 25.1. The molecule has 7 heteroatoms. The standard InChI is InChI=1S/C26H50O6Si/c1-11-33(12-2,18(3)4)32-25(21(7)15-19(5)16-27)23-17-30-26(9,10)31-24(23)20(6)13-14-29-22(8)28/h15,18-20,23-25,27H,11-14,16-17H2,1-10H3/b21-15+/t19-,20-,23+,24-,25-/m1/s1. The molecule has 0 aromatic carbocycles. The molecule has 1 aliphatic heterocycles. The number of hydrogen-bond acceptors (Lipinski definition) is 6. The fourth-order valence-electron chi connectivity index (χ4n) is 4.93. The minimum absolute atomic E-state index is 0.0104. The first-order valence-corrected chi connectivity index (χ1v) is 15.1. The van der Waals surface area contributed by atoms with Crippen molar-refractivity contribution < 1.29 is 28.5 Å². The number of carbonyl (C=O) groups excluding carboxylic acids is 1. The molecule has 1 N–H and O–H groups in total. The van der Waals surface area contributed by atoms with Crippen molar-refractivity contribution in [2.45, 2.75) is 111 Å². The van der Waals surface area contributed by atoms with E-state index in [2.05, 4.69) is 47.6 Å². The maximum Gasteiger partial charge on any atom is 0.302 e. The molecule has 0 unspecified atom stereocenters. The summed E-state index contributed by atoms with van der Waals surface area (Å²) in [4.78, 5) is 11.3. The first-order chi connectivity index (χ1) is 15.3. The number of carbonyl (C=O) groups is 1. The Morgan fingerprint density at radius 2 is 1.79 bits per heavy atom. The van der Waals surface area contributed by atoms with E-state index >= 15 is 0 Å². The van der Waals surface area contributed by atoms with Crippen molar-refractivity contribution >= 4 is 14.3 Å². The molecule has 0 saturated carbocycles. The summed E-state index contributed by atoms with van der Waals surface area (Å²) in [7, 11) is -2.02. The van der Waals surface area contributed by atoms with Crippen LogP contribution in [0.3, 0.4) is 0 Å². The van der Waals surface area contributed by atoms with Crippen LogP contribution in [0.15, 0.2) is 11.6 Å². The quantitative estimate of drug-likeness (QED) is 0.204. The molecule has 0 radical (unpaired) electrons. The monoisotopic (exact) mass is 486 g/mol. The Hall–Kier alpha value is -0.733. The van der Waals surface area contributed by atoms with Gasteiger partial charge in [-0.25, -0.2) is 0 Å². The normalized spacial score (nSPS) is 24.4. The van der Waals surface area contributed by atoms with E-state index in [0.29, 0.717) is 25.2 Å². The largest absolute Gasteiger partial charge is 0.466 e. The van der Waals surface area contributed by atoms with Crippen LogP contribution in [-0.2, 0) is 23.4 Å². The fraction of sp³-hybridized carbons (Fsp3) is 0.885. The van der Waals surface area contributed by atoms with Crippen LogP contribution >= 0.6 is 0 Å². The molecule has 1 rings (SSSR count). The van der Waals surface area contributed by atoms with Crippen LogP contribution in [-0.4, -0.2) is 57.2 Å². The van der Waals surface area contributed by atoms with E-state index in [4.69, 9.17) is 18.6 Å². The molecular formula is C26H50O6Si. The van der Waals surface area contributed by atoms with Crippen LogP contribution in [0.2, 0.25) is 17.6 Å². The third kappa shape index (κ3) is 8.77. The topological polar surface area (TPSA) is 74.2 Å². The lowest BCUT2D eigenvalue weighted by Crippen LogP contribution is -2.55. The molecule has 33 heavy (non-hydrogen) atoms. The van der Waals surface area contributed by atoms with Crippen LogP contribution in [0.5, 0.6) is 0 Å². The maximum atomic E-state index is 11.3. The van der Waals surface area contributed by atoms with Gasteiger partial charge in [0.25, 0.3) is 0 Å². The van der Waals surface area contributed by atoms with Gasteiger partial charge in [-0.3, -0.25) is 4.79 Å². The van der Waals surface area contributed by atoms with E-state index in [-0.39, 0.29) is 42.5 Å². The highest BCUT2D eigenvalue weighted by atomic mass is 28.4. The van der Waals surface area contributed by atoms with Crippen LogP contribution < -0.4 is 0 Å². The molecule has 6 nitrogen and oxygen atoms in total. The number of rotatable bonds is 13. The molecule has 0 aliphatic carbocycles. The van der Waals surface area contributed by atoms with Gasteiger partial charge in [-0.15, -0.1) is 0 Å². The van der Waals surface area contributed by atoms with Crippen LogP contribution in [0.4, 0.5) is 0 Å². The Morgan fingerprint density at radius 1 is 1.18 bits per heavy atom. The van der Waals surface area contributed by atoms with E-state index in [1.165, 1.54) is 6.92 Å². The van der Waals surface area contributed by atoms with Gasteiger partial charge in [-0.2, -0.15) is 0 Å². The van der Waals surface area contributed by atoms with Gasteiger partial charge in [-0.1, -0.05) is 47.6 Å². The minimum Gasteiger partial charge on any atom is -0.466 e. The highest BCUT2D eigenvalue weighted by Gasteiger charge is 2.47. The average Bonchev–Trinajstić information content (AvgIpc) is 2.74. The summed E-state index contributed by atoms with van der Waals surface area (Å²) in [5.41, 5.74) is 1.62. The van der Waals surface area contributed by atoms with Crippen molar-refractivity contribution in [1.82, 2.24) is 0 Å². The molecule has 0 spiro atoms. The first kappa shape index (κ1) is 30.3. The summed E-state index contributed by atoms with van der Waals surface area (Å²) in [6, 6.07) is 2.10. The Kier molecular flexibility index (Phi) is 12.3. The van der Waals surface area contributed by atoms with E-state index in [1.54, 1.807) is 0 Å². The second-order valence-electron chi connectivity index (χ2n) is 10.6. The summed E-state index contributed by atoms with van der Waals surface area (Å²) >= 11 is 0. The predicted molar refractivity (Wildman–Crippen MR) is 136 cm³/mol. The first-order valence-electron chi connectivity index (χ1n) is 12.7. The van der Waals surface area contributed by atoms with Gasteiger partial charge in [0, 0.05) is 19.4 Å². The third-order valence-electron chi connectivity index (χ3n) is 7.19. The zero-order chi connectivity index (χ0) is 25.4. The van der Waals surface area contributed by atoms with Crippen molar-refractivity contribution in [3.63, 3.8) is 0 Å². The molecule has 1 aliphatic rings. The van der Waals surface area contributed by atoms with Gasteiger partial charge >= 0.3 is 5.97 Å². The third-order valence-corrected chi connectivity index (χ3v) is 12.4. The maximum absolute atomic E-state index is 11.3. The van der Waals surface area contributed by atoms with Gasteiger partial charge < -0.3 is 23.7 Å². The van der Waals surface area contributed by atoms with Crippen LogP contribution in [0.25, 0.3) is 0 Å². The lowest BCUT2D eigenvalue weighted by molar-refractivity contribution is -0.309. The molecule has 0 aromatic heterocycles. The SMILES string of the molecule is CC[Si](CC)(O[C@H](/C(C)=C/[C@@H](C)CO)[C@H]1COC(C)(C)O[C@@H]1[C@H](C)CCOC(C)=O)C(C)C. The van der Waals surface area contributed by atoms with Gasteiger partial charge in [0.05, 0.1) is 25.4 Å². The van der Waals surface area contributed by atoms with Crippen molar-refractivity contribution in [1.29, 1.82) is 0 Å². The summed E-state index contributed by atoms with van der Waals surface area (Å²) in [5, 5.41) is 9.67. The smallest absolute Gasteiger partial charge is 0.302 e. The Bertz CT molecular complexity index is 628. The Morgan fingerprint density at radius 3 is 2.27 bits per heavy atom. The molecule has 1 heterocycles. The van der Waals surface area contributed by atoms with E-state index < -0.39 is 14.1 Å². The summed E-state index contributed by atoms with van der Waals surface area (Å²) in [5.74, 6) is -0.722. The van der Waals surface area contributed by atoms with Crippen LogP contribution in [0, 0.1) is 17.8 Å². The Balaban J connectivity index is 3.37. The lowest BCUT2D eigenvalue weighted by atomic mass is 9.82. The molecule has 0 bridgehead atoms. The van der Waals surface area contributed by atoms with E-state index in [0.717, 1.165) is 17.7 Å². The molecule has 0 amide bonds. The van der Waals surface area contributed by atoms with Gasteiger partial charge in [0.2, 0.25) is 0 Å². The number of ether oxygens (including phenoxy) is 3. The number of aliphatic hydroxyl groups excluding tert-OH is 1. The van der Waals surface area contributed by atoms with Crippen molar-refractivity contribution in [3.05, 3.63) is 11.6 Å². The molecule has 1 fully saturated rings. The second-order valence-corrected chi connectivity index (χ2v) is 15.5. The highest BCUT2D eigenvalue weighted by Crippen LogP contribution is 2.40. The minimum atomic E-state index is -2.02. The number of esters is 1. The van der Waals surface area contributed by atoms with Crippen LogP contribution in [0.1, 0.15) is 75.7 Å². The van der Waals surface area contributed by atoms with E-state index in [1.807, 2.05) is 20.8 Å². The van der Waals surface area contributed by atoms with Crippen molar-refractivity contribution in [3.8, 4) is 0 Å².